The van der Waals surface area contributed by atoms with Gasteiger partial charge in [-0.15, -0.1) is 12.4 Å². The van der Waals surface area contributed by atoms with Crippen molar-refractivity contribution < 1.29 is 9.53 Å². The van der Waals surface area contributed by atoms with Gasteiger partial charge in [-0.25, -0.2) is 0 Å². The summed E-state index contributed by atoms with van der Waals surface area (Å²) < 4.78 is 5.83. The summed E-state index contributed by atoms with van der Waals surface area (Å²) in [6.45, 7) is 3.05. The number of benzene rings is 2. The topological polar surface area (TPSA) is 50.4 Å². The highest BCUT2D eigenvalue weighted by Gasteiger charge is 2.15. The van der Waals surface area contributed by atoms with E-state index in [9.17, 15) is 4.79 Å². The molecular formula is C21H26Cl2N2O2. The Morgan fingerprint density at radius 3 is 2.63 bits per heavy atom. The highest BCUT2D eigenvalue weighted by Crippen LogP contribution is 2.24. The molecule has 2 aromatic rings. The molecule has 0 radical (unpaired) electrons. The van der Waals surface area contributed by atoms with Crippen LogP contribution in [0.4, 0.5) is 0 Å². The molecule has 1 unspecified atom stereocenters. The lowest BCUT2D eigenvalue weighted by Gasteiger charge is -2.13. The molecule has 1 saturated heterocycles. The second-order valence-corrected chi connectivity index (χ2v) is 7.07. The Morgan fingerprint density at radius 1 is 1.15 bits per heavy atom. The van der Waals surface area contributed by atoms with E-state index in [0.29, 0.717) is 36.3 Å². The molecule has 0 aliphatic carbocycles. The molecule has 4 nitrogen and oxygen atoms in total. The van der Waals surface area contributed by atoms with Crippen LogP contribution in [0, 0.1) is 5.92 Å². The Balaban J connectivity index is 0.00000261. The monoisotopic (exact) mass is 408 g/mol. The number of para-hydroxylation sites is 1. The molecule has 2 N–H and O–H groups in total. The second-order valence-electron chi connectivity index (χ2n) is 6.66. The van der Waals surface area contributed by atoms with Gasteiger partial charge in [-0.3, -0.25) is 4.79 Å². The van der Waals surface area contributed by atoms with E-state index in [1.54, 1.807) is 0 Å². The Kier molecular flexibility index (Phi) is 8.92. The number of nitrogens with one attached hydrogen (secondary N) is 2. The molecule has 2 aromatic carbocycles. The summed E-state index contributed by atoms with van der Waals surface area (Å²) in [7, 11) is 0. The standard InChI is InChI=1S/C21H25ClN2O2.ClH/c22-19-7-3-4-8-20(19)26-15-18-6-2-1-5-17(18)14-24-21(25)10-9-16-11-12-23-13-16;/h1-8,16,23H,9-15H2,(H,24,25);1H. The van der Waals surface area contributed by atoms with Crippen LogP contribution in [0.15, 0.2) is 48.5 Å². The Labute approximate surface area is 172 Å². The van der Waals surface area contributed by atoms with Gasteiger partial charge in [-0.2, -0.15) is 0 Å². The third kappa shape index (κ3) is 6.73. The van der Waals surface area contributed by atoms with Gasteiger partial charge >= 0.3 is 0 Å². The van der Waals surface area contributed by atoms with E-state index < -0.39 is 0 Å². The smallest absolute Gasteiger partial charge is 0.220 e. The lowest BCUT2D eigenvalue weighted by atomic mass is 10.0. The molecular weight excluding hydrogens is 383 g/mol. The first kappa shape index (κ1) is 21.5. The van der Waals surface area contributed by atoms with Gasteiger partial charge < -0.3 is 15.4 Å². The zero-order valence-corrected chi connectivity index (χ0v) is 16.8. The minimum absolute atomic E-state index is 0. The van der Waals surface area contributed by atoms with Crippen molar-refractivity contribution in [3.8, 4) is 5.75 Å². The molecule has 6 heteroatoms. The van der Waals surface area contributed by atoms with E-state index in [1.165, 1.54) is 6.42 Å². The van der Waals surface area contributed by atoms with Crippen molar-refractivity contribution in [2.75, 3.05) is 13.1 Å². The van der Waals surface area contributed by atoms with E-state index in [-0.39, 0.29) is 18.3 Å². The number of ether oxygens (including phenoxy) is 1. The molecule has 0 bridgehead atoms. The van der Waals surface area contributed by atoms with Gasteiger partial charge in [-0.1, -0.05) is 48.0 Å². The fraction of sp³-hybridized carbons (Fsp3) is 0.381. The van der Waals surface area contributed by atoms with Crippen molar-refractivity contribution in [1.82, 2.24) is 10.6 Å². The number of hydrogen-bond donors (Lipinski definition) is 2. The van der Waals surface area contributed by atoms with Crippen molar-refractivity contribution in [3.05, 3.63) is 64.7 Å². The Morgan fingerprint density at radius 2 is 1.89 bits per heavy atom. The fourth-order valence-electron chi connectivity index (χ4n) is 3.17. The summed E-state index contributed by atoms with van der Waals surface area (Å²) in [4.78, 5) is 12.1. The summed E-state index contributed by atoms with van der Waals surface area (Å²) in [6, 6.07) is 15.4. The first-order valence-corrected chi connectivity index (χ1v) is 9.51. The molecule has 1 aliphatic heterocycles. The van der Waals surface area contributed by atoms with E-state index >= 15 is 0 Å². The maximum Gasteiger partial charge on any atom is 0.220 e. The maximum absolute atomic E-state index is 12.1. The zero-order valence-electron chi connectivity index (χ0n) is 15.2. The van der Waals surface area contributed by atoms with Gasteiger partial charge in [0.2, 0.25) is 5.91 Å². The number of carbonyl (C=O) groups excluding carboxylic acids is 1. The predicted molar refractivity (Wildman–Crippen MR) is 112 cm³/mol. The number of amides is 1. The molecule has 1 amide bonds. The van der Waals surface area contributed by atoms with Gasteiger partial charge in [0.15, 0.2) is 0 Å². The van der Waals surface area contributed by atoms with Crippen LogP contribution in [0.2, 0.25) is 5.02 Å². The molecule has 146 valence electrons. The third-order valence-corrected chi connectivity index (χ3v) is 5.07. The third-order valence-electron chi connectivity index (χ3n) is 4.76. The van der Waals surface area contributed by atoms with Gasteiger partial charge in [0.1, 0.15) is 12.4 Å². The van der Waals surface area contributed by atoms with E-state index in [0.717, 1.165) is 30.6 Å². The summed E-state index contributed by atoms with van der Waals surface area (Å²) in [6.07, 6.45) is 2.72. The maximum atomic E-state index is 12.1. The SMILES string of the molecule is Cl.O=C(CCC1CCNC1)NCc1ccccc1COc1ccccc1Cl. The first-order valence-electron chi connectivity index (χ1n) is 9.14. The lowest BCUT2D eigenvalue weighted by molar-refractivity contribution is -0.121. The second kappa shape index (κ2) is 11.2. The molecule has 0 spiro atoms. The van der Waals surface area contributed by atoms with Crippen molar-refractivity contribution in [1.29, 1.82) is 0 Å². The Hall–Kier alpha value is -1.75. The molecule has 0 saturated carbocycles. The molecule has 27 heavy (non-hydrogen) atoms. The highest BCUT2D eigenvalue weighted by molar-refractivity contribution is 6.32. The number of halogens is 2. The predicted octanol–water partition coefficient (Wildman–Crippen LogP) is 4.35. The largest absolute Gasteiger partial charge is 0.487 e. The lowest BCUT2D eigenvalue weighted by Crippen LogP contribution is -2.24. The fourth-order valence-corrected chi connectivity index (χ4v) is 3.36. The molecule has 1 fully saturated rings. The van der Waals surface area contributed by atoms with Crippen LogP contribution in [0.1, 0.15) is 30.4 Å². The van der Waals surface area contributed by atoms with Gasteiger partial charge in [-0.05, 0) is 55.1 Å². The average molecular weight is 409 g/mol. The van der Waals surface area contributed by atoms with E-state index in [4.69, 9.17) is 16.3 Å². The molecule has 1 aliphatic rings. The van der Waals surface area contributed by atoms with Crippen LogP contribution < -0.4 is 15.4 Å². The van der Waals surface area contributed by atoms with Crippen molar-refractivity contribution in [2.45, 2.75) is 32.4 Å². The van der Waals surface area contributed by atoms with Gasteiger partial charge in [0.05, 0.1) is 5.02 Å². The average Bonchev–Trinajstić information content (AvgIpc) is 3.18. The number of hydrogen-bond acceptors (Lipinski definition) is 3. The van der Waals surface area contributed by atoms with Crippen LogP contribution in [0.25, 0.3) is 0 Å². The minimum Gasteiger partial charge on any atom is -0.487 e. The molecule has 1 heterocycles. The highest BCUT2D eigenvalue weighted by atomic mass is 35.5. The molecule has 0 aromatic heterocycles. The van der Waals surface area contributed by atoms with E-state index in [2.05, 4.69) is 10.6 Å². The van der Waals surface area contributed by atoms with Crippen LogP contribution in [0.3, 0.4) is 0 Å². The summed E-state index contributed by atoms with van der Waals surface area (Å²) in [5.41, 5.74) is 2.11. The van der Waals surface area contributed by atoms with Crippen molar-refractivity contribution in [2.24, 2.45) is 5.92 Å². The normalized spacial score (nSPS) is 15.8. The summed E-state index contributed by atoms with van der Waals surface area (Å²) in [5.74, 6) is 1.41. The quantitative estimate of drug-likeness (QED) is 0.682. The van der Waals surface area contributed by atoms with Gasteiger partial charge in [0, 0.05) is 13.0 Å². The van der Waals surface area contributed by atoms with E-state index in [1.807, 2.05) is 48.5 Å². The Bertz CT molecular complexity index is 734. The van der Waals surface area contributed by atoms with Crippen LogP contribution in [-0.2, 0) is 17.9 Å². The number of rotatable bonds is 8. The van der Waals surface area contributed by atoms with Crippen molar-refractivity contribution in [3.63, 3.8) is 0 Å². The summed E-state index contributed by atoms with van der Waals surface area (Å²) in [5, 5.41) is 6.97. The molecule has 3 rings (SSSR count). The van der Waals surface area contributed by atoms with Crippen molar-refractivity contribution >= 4 is 29.9 Å². The molecule has 1 atom stereocenters. The summed E-state index contributed by atoms with van der Waals surface area (Å²) >= 11 is 6.14. The zero-order chi connectivity index (χ0) is 18.2. The van der Waals surface area contributed by atoms with Crippen LogP contribution >= 0.6 is 24.0 Å². The minimum atomic E-state index is 0. The van der Waals surface area contributed by atoms with Gasteiger partial charge in [0.25, 0.3) is 0 Å². The first-order chi connectivity index (χ1) is 12.7. The number of carbonyl (C=O) groups is 1. The van der Waals surface area contributed by atoms with Crippen LogP contribution in [-0.4, -0.2) is 19.0 Å². The van der Waals surface area contributed by atoms with Crippen LogP contribution in [0.5, 0.6) is 5.75 Å².